The van der Waals surface area contributed by atoms with Crippen molar-refractivity contribution >= 4 is 47.2 Å². The van der Waals surface area contributed by atoms with Crippen molar-refractivity contribution in [2.24, 2.45) is 0 Å². The number of phenolic OH excluding ortho intramolecular Hbond substituents is 1. The summed E-state index contributed by atoms with van der Waals surface area (Å²) in [6.45, 7) is 4.61. The highest BCUT2D eigenvalue weighted by atomic mass is 35.5. The predicted octanol–water partition coefficient (Wildman–Crippen LogP) is 9.17. The van der Waals surface area contributed by atoms with Gasteiger partial charge in [0, 0.05) is 77.7 Å². The number of halogens is 5. The van der Waals surface area contributed by atoms with Gasteiger partial charge in [0.25, 0.3) is 11.8 Å². The fourth-order valence-electron chi connectivity index (χ4n) is 8.15. The summed E-state index contributed by atoms with van der Waals surface area (Å²) in [5.41, 5.74) is 4.47. The van der Waals surface area contributed by atoms with Gasteiger partial charge in [-0.2, -0.15) is 13.2 Å². The third-order valence-corrected chi connectivity index (χ3v) is 11.1. The van der Waals surface area contributed by atoms with Crippen molar-refractivity contribution in [3.05, 3.63) is 136 Å². The SMILES string of the molecule is Cl.O=C(c1cc(-c2cc(Cl)ccc2C(=O)N2Cc3ccccc3C[C@H]2CN2CCOCC2)n2c1CCCC2)N(c1ccc(O)cc1)c1cccc(C(F)(F)F)c1. The number of hydrogen-bond donors (Lipinski definition) is 1. The quantitative estimate of drug-likeness (QED) is 0.178. The maximum Gasteiger partial charge on any atom is 0.416 e. The van der Waals surface area contributed by atoms with E-state index in [-0.39, 0.29) is 41.5 Å². The van der Waals surface area contributed by atoms with Crippen LogP contribution in [-0.2, 0) is 36.8 Å². The molecule has 3 aliphatic rings. The number of ether oxygens (including phenoxy) is 1. The first kappa shape index (κ1) is 39.4. The van der Waals surface area contributed by atoms with Crippen molar-refractivity contribution in [2.45, 2.75) is 51.0 Å². The summed E-state index contributed by atoms with van der Waals surface area (Å²) in [4.78, 5) is 35.3. The molecule has 8 rings (SSSR count). The lowest BCUT2D eigenvalue weighted by Crippen LogP contribution is -2.52. The molecule has 1 aromatic heterocycles. The molecule has 5 aromatic rings. The van der Waals surface area contributed by atoms with E-state index in [1.54, 1.807) is 24.3 Å². The van der Waals surface area contributed by atoms with Gasteiger partial charge in [0.05, 0.1) is 24.3 Å². The van der Waals surface area contributed by atoms with Crippen LogP contribution in [0.5, 0.6) is 5.75 Å². The van der Waals surface area contributed by atoms with Crippen LogP contribution in [0.4, 0.5) is 24.5 Å². The van der Waals surface area contributed by atoms with Gasteiger partial charge in [0.1, 0.15) is 5.75 Å². The van der Waals surface area contributed by atoms with Crippen LogP contribution in [0, 0.1) is 0 Å². The number of carbonyl (C=O) groups is 2. The monoisotopic (exact) mass is 804 g/mol. The fourth-order valence-corrected chi connectivity index (χ4v) is 8.32. The number of rotatable bonds is 7. The molecule has 1 fully saturated rings. The van der Waals surface area contributed by atoms with E-state index in [0.29, 0.717) is 73.1 Å². The first-order valence-electron chi connectivity index (χ1n) is 18.6. The molecule has 0 bridgehead atoms. The highest BCUT2D eigenvalue weighted by molar-refractivity contribution is 6.31. The lowest BCUT2D eigenvalue weighted by molar-refractivity contribution is -0.137. The lowest BCUT2D eigenvalue weighted by atomic mass is 9.92. The Labute approximate surface area is 334 Å². The summed E-state index contributed by atoms with van der Waals surface area (Å²) >= 11 is 6.67. The van der Waals surface area contributed by atoms with Crippen molar-refractivity contribution in [3.8, 4) is 17.0 Å². The molecule has 1 N–H and O–H groups in total. The van der Waals surface area contributed by atoms with E-state index in [9.17, 15) is 27.9 Å². The number of phenols is 1. The predicted molar refractivity (Wildman–Crippen MR) is 212 cm³/mol. The molecule has 0 spiro atoms. The number of amides is 2. The Balaban J connectivity index is 0.00000480. The number of alkyl halides is 3. The summed E-state index contributed by atoms with van der Waals surface area (Å²) in [6, 6.07) is 25.5. The summed E-state index contributed by atoms with van der Waals surface area (Å²) in [6.07, 6.45) is -1.71. The van der Waals surface area contributed by atoms with Crippen LogP contribution in [0.15, 0.2) is 97.1 Å². The first-order chi connectivity index (χ1) is 26.5. The maximum atomic E-state index is 14.9. The topological polar surface area (TPSA) is 78.3 Å². The first-order valence-corrected chi connectivity index (χ1v) is 18.9. The molecule has 0 radical (unpaired) electrons. The molecular weight excluding hydrogens is 764 g/mol. The van der Waals surface area contributed by atoms with Gasteiger partial charge in [-0.1, -0.05) is 41.9 Å². The van der Waals surface area contributed by atoms with Crippen molar-refractivity contribution in [1.82, 2.24) is 14.4 Å². The molecule has 4 heterocycles. The number of aromatic nitrogens is 1. The molecule has 8 nitrogen and oxygen atoms in total. The second kappa shape index (κ2) is 16.3. The fraction of sp³-hybridized carbons (Fsp3) is 0.302. The van der Waals surface area contributed by atoms with E-state index in [2.05, 4.69) is 21.6 Å². The number of hydrogen-bond acceptors (Lipinski definition) is 5. The van der Waals surface area contributed by atoms with Gasteiger partial charge in [-0.15, -0.1) is 12.4 Å². The minimum absolute atomic E-state index is 0. The van der Waals surface area contributed by atoms with E-state index < -0.39 is 17.6 Å². The summed E-state index contributed by atoms with van der Waals surface area (Å²) < 4.78 is 49.4. The molecule has 0 unspecified atom stereocenters. The number of morpholine rings is 1. The number of aromatic hydroxyl groups is 1. The van der Waals surface area contributed by atoms with E-state index in [1.165, 1.54) is 46.9 Å². The minimum Gasteiger partial charge on any atom is -0.508 e. The Kier molecular flexibility index (Phi) is 11.5. The molecular formula is C43H41Cl2F3N4O4. The van der Waals surface area contributed by atoms with Crippen LogP contribution >= 0.6 is 24.0 Å². The molecule has 56 heavy (non-hydrogen) atoms. The second-order valence-corrected chi connectivity index (χ2v) is 14.8. The molecule has 4 aromatic carbocycles. The van der Waals surface area contributed by atoms with Gasteiger partial charge in [0.2, 0.25) is 0 Å². The van der Waals surface area contributed by atoms with Gasteiger partial charge in [-0.25, -0.2) is 0 Å². The summed E-state index contributed by atoms with van der Waals surface area (Å²) in [7, 11) is 0. The largest absolute Gasteiger partial charge is 0.508 e. The highest BCUT2D eigenvalue weighted by Gasteiger charge is 2.36. The van der Waals surface area contributed by atoms with Crippen LogP contribution in [0.25, 0.3) is 11.3 Å². The second-order valence-electron chi connectivity index (χ2n) is 14.4. The average molecular weight is 806 g/mol. The zero-order valence-corrected chi connectivity index (χ0v) is 32.0. The van der Waals surface area contributed by atoms with E-state index in [0.717, 1.165) is 49.3 Å². The highest BCUT2D eigenvalue weighted by Crippen LogP contribution is 2.39. The van der Waals surface area contributed by atoms with Crippen molar-refractivity contribution < 1.29 is 32.6 Å². The molecule has 2 amide bonds. The summed E-state index contributed by atoms with van der Waals surface area (Å²) in [5.74, 6) is -0.727. The Morgan fingerprint density at radius 3 is 2.34 bits per heavy atom. The molecule has 292 valence electrons. The summed E-state index contributed by atoms with van der Waals surface area (Å²) in [5, 5.41) is 10.5. The average Bonchev–Trinajstić information content (AvgIpc) is 3.58. The van der Waals surface area contributed by atoms with Crippen molar-refractivity contribution in [2.75, 3.05) is 37.7 Å². The van der Waals surface area contributed by atoms with Crippen LogP contribution in [0.2, 0.25) is 5.02 Å². The van der Waals surface area contributed by atoms with Gasteiger partial charge >= 0.3 is 6.18 Å². The Hall–Kier alpha value is -4.81. The third-order valence-electron chi connectivity index (χ3n) is 10.9. The van der Waals surface area contributed by atoms with Crippen molar-refractivity contribution in [3.63, 3.8) is 0 Å². The van der Waals surface area contributed by atoms with Gasteiger partial charge < -0.3 is 19.3 Å². The zero-order chi connectivity index (χ0) is 38.3. The molecule has 0 saturated carbocycles. The Morgan fingerprint density at radius 1 is 0.839 bits per heavy atom. The minimum atomic E-state index is -4.63. The molecule has 1 atom stereocenters. The van der Waals surface area contributed by atoms with Crippen LogP contribution in [0.3, 0.4) is 0 Å². The molecule has 13 heteroatoms. The zero-order valence-electron chi connectivity index (χ0n) is 30.5. The molecule has 3 aliphatic heterocycles. The van der Waals surface area contributed by atoms with Gasteiger partial charge in [0.15, 0.2) is 0 Å². The number of anilines is 2. The number of benzene rings is 4. The lowest BCUT2D eigenvalue weighted by Gasteiger charge is -2.40. The maximum absolute atomic E-state index is 14.9. The van der Waals surface area contributed by atoms with Crippen LogP contribution < -0.4 is 4.90 Å². The van der Waals surface area contributed by atoms with E-state index in [4.69, 9.17) is 16.3 Å². The number of fused-ring (bicyclic) bond motifs is 2. The van der Waals surface area contributed by atoms with Crippen molar-refractivity contribution in [1.29, 1.82) is 0 Å². The standard InChI is InChI=1S/C43H40ClF3N4O4.ClH/c44-31-11-16-36(41(53)50-26-29-7-2-1-6-28(29)22-34(50)27-48-18-20-55-21-19-48)37(24-31)40-25-38(39-10-3-4-17-49(39)40)42(54)51(32-12-14-35(52)15-13-32)33-9-5-8-30(23-33)43(45,46)47;/h1-2,5-9,11-16,23-25,34,52H,3-4,10,17-22,26-27H2;1H/t34-;/m0./s1. The molecule has 1 saturated heterocycles. The molecule has 0 aliphatic carbocycles. The Bertz CT molecular complexity index is 2240. The number of carbonyl (C=O) groups excluding carboxylic acids is 2. The van der Waals surface area contributed by atoms with E-state index in [1.807, 2.05) is 17.0 Å². The van der Waals surface area contributed by atoms with Gasteiger partial charge in [-0.05, 0) is 104 Å². The van der Waals surface area contributed by atoms with Gasteiger partial charge in [-0.3, -0.25) is 19.4 Å². The number of nitrogens with zero attached hydrogens (tertiary/aromatic N) is 4. The van der Waals surface area contributed by atoms with Crippen LogP contribution in [0.1, 0.15) is 55.9 Å². The van der Waals surface area contributed by atoms with Crippen LogP contribution in [-0.4, -0.2) is 70.2 Å². The normalized spacial score (nSPS) is 17.1. The smallest absolute Gasteiger partial charge is 0.416 e. The third kappa shape index (κ3) is 7.91. The van der Waals surface area contributed by atoms with E-state index >= 15 is 0 Å². The Morgan fingerprint density at radius 2 is 1.59 bits per heavy atom.